The first-order valence-electron chi connectivity index (χ1n) is 12.8. The molecule has 1 aromatic rings. The van der Waals surface area contributed by atoms with Crippen LogP contribution in [0.1, 0.15) is 47.1 Å². The van der Waals surface area contributed by atoms with Crippen molar-refractivity contribution < 1.29 is 9.47 Å². The second-order valence-electron chi connectivity index (χ2n) is 13.4. The Morgan fingerprint density at radius 1 is 0.788 bits per heavy atom. The van der Waals surface area contributed by atoms with Gasteiger partial charge in [-0.05, 0) is 58.1 Å². The average molecular weight is 503 g/mol. The standard InChI is InChI=1S/C28H50O2Si3/c1-20(2)33(21(3)4,22(5)6)19-28-26(18-32(11,12)13)25(17-31(8,9)10)24-16-23(29-7)14-15-27(24)30-28/h14-16,19-22H,17-18H2,1-13H3/b28-19-. The normalized spacial score (nSPS) is 16.7. The van der Waals surface area contributed by atoms with E-state index in [2.05, 4.69) is 98.7 Å². The van der Waals surface area contributed by atoms with Crippen LogP contribution in [0.5, 0.6) is 11.5 Å². The van der Waals surface area contributed by atoms with Crippen LogP contribution in [-0.4, -0.2) is 31.3 Å². The van der Waals surface area contributed by atoms with E-state index in [4.69, 9.17) is 9.47 Å². The minimum absolute atomic E-state index is 0.666. The van der Waals surface area contributed by atoms with Crippen molar-refractivity contribution in [1.82, 2.24) is 0 Å². The van der Waals surface area contributed by atoms with Crippen molar-refractivity contribution in [1.29, 1.82) is 0 Å². The number of rotatable bonds is 9. The fourth-order valence-electron chi connectivity index (χ4n) is 5.75. The van der Waals surface area contributed by atoms with E-state index in [0.717, 1.165) is 17.5 Å². The molecule has 0 saturated carbocycles. The van der Waals surface area contributed by atoms with E-state index < -0.39 is 24.2 Å². The number of ether oxygens (including phenoxy) is 2. The molecule has 0 spiro atoms. The van der Waals surface area contributed by atoms with Gasteiger partial charge in [0.15, 0.2) is 0 Å². The predicted octanol–water partition coefficient (Wildman–Crippen LogP) is 9.62. The molecule has 0 aromatic heterocycles. The third kappa shape index (κ3) is 6.55. The number of methoxy groups -OCH3 is 1. The number of fused-ring (bicyclic) bond motifs is 1. The summed E-state index contributed by atoms with van der Waals surface area (Å²) in [6.07, 6.45) is 0. The molecule has 33 heavy (non-hydrogen) atoms. The molecule has 1 aromatic carbocycles. The van der Waals surface area contributed by atoms with E-state index >= 15 is 0 Å². The molecule has 0 bridgehead atoms. The second-order valence-corrected chi connectivity index (χ2v) is 30.1. The molecular weight excluding hydrogens is 453 g/mol. The van der Waals surface area contributed by atoms with Crippen LogP contribution in [0.3, 0.4) is 0 Å². The summed E-state index contributed by atoms with van der Waals surface area (Å²) in [5.74, 6) is 3.11. The Kier molecular flexibility index (Phi) is 8.79. The first-order chi connectivity index (χ1) is 15.0. The third-order valence-electron chi connectivity index (χ3n) is 7.19. The molecular formula is C28H50O2Si3. The minimum atomic E-state index is -1.78. The van der Waals surface area contributed by atoms with Gasteiger partial charge in [-0.2, -0.15) is 0 Å². The Morgan fingerprint density at radius 3 is 1.70 bits per heavy atom. The molecule has 0 saturated heterocycles. The summed E-state index contributed by atoms with van der Waals surface area (Å²) in [7, 11) is -2.77. The molecule has 0 fully saturated rings. The van der Waals surface area contributed by atoms with Gasteiger partial charge in [-0.3, -0.25) is 0 Å². The molecule has 1 heterocycles. The lowest BCUT2D eigenvalue weighted by Crippen LogP contribution is -2.43. The van der Waals surface area contributed by atoms with Crippen molar-refractivity contribution in [3.05, 3.63) is 40.8 Å². The zero-order valence-electron chi connectivity index (χ0n) is 23.8. The van der Waals surface area contributed by atoms with Gasteiger partial charge in [-0.1, -0.05) is 86.5 Å². The monoisotopic (exact) mass is 502 g/mol. The van der Waals surface area contributed by atoms with Gasteiger partial charge in [0, 0.05) is 21.7 Å². The van der Waals surface area contributed by atoms with E-state index in [-0.39, 0.29) is 0 Å². The lowest BCUT2D eigenvalue weighted by molar-refractivity contribution is 0.407. The Hall–Kier alpha value is -1.05. The van der Waals surface area contributed by atoms with Crippen LogP contribution in [0.25, 0.3) is 5.57 Å². The summed E-state index contributed by atoms with van der Waals surface area (Å²) >= 11 is 0. The van der Waals surface area contributed by atoms with Crippen LogP contribution in [0.15, 0.2) is 35.2 Å². The molecule has 1 aliphatic heterocycles. The molecule has 0 radical (unpaired) electrons. The van der Waals surface area contributed by atoms with Crippen molar-refractivity contribution in [2.24, 2.45) is 0 Å². The zero-order chi connectivity index (χ0) is 25.4. The molecule has 0 amide bonds. The highest BCUT2D eigenvalue weighted by atomic mass is 28.3. The molecule has 186 valence electrons. The predicted molar refractivity (Wildman–Crippen MR) is 156 cm³/mol. The highest BCUT2D eigenvalue weighted by Crippen LogP contribution is 2.49. The largest absolute Gasteiger partial charge is 0.497 e. The van der Waals surface area contributed by atoms with E-state index in [1.807, 2.05) is 6.07 Å². The molecule has 1 aliphatic rings. The second kappa shape index (κ2) is 10.3. The Labute approximate surface area is 207 Å². The third-order valence-corrected chi connectivity index (χ3v) is 16.8. The molecule has 0 N–H and O–H groups in total. The van der Waals surface area contributed by atoms with Crippen LogP contribution in [0, 0.1) is 0 Å². The lowest BCUT2D eigenvalue weighted by Gasteiger charge is -2.42. The summed E-state index contributed by atoms with van der Waals surface area (Å²) in [5.41, 5.74) is 8.96. The summed E-state index contributed by atoms with van der Waals surface area (Å²) in [4.78, 5) is 0. The van der Waals surface area contributed by atoms with Crippen LogP contribution < -0.4 is 9.47 Å². The number of hydrogen-bond acceptors (Lipinski definition) is 2. The molecule has 0 atom stereocenters. The Morgan fingerprint density at radius 2 is 1.27 bits per heavy atom. The average Bonchev–Trinajstić information content (AvgIpc) is 2.65. The summed E-state index contributed by atoms with van der Waals surface area (Å²) in [6.45, 7) is 29.6. The minimum Gasteiger partial charge on any atom is -0.497 e. The van der Waals surface area contributed by atoms with E-state index in [1.165, 1.54) is 28.5 Å². The number of benzene rings is 1. The van der Waals surface area contributed by atoms with Gasteiger partial charge in [0.2, 0.25) is 0 Å². The SMILES string of the molecule is COc1ccc2c(c1)C(C[Si](C)(C)C)=C(C[Si](C)(C)C)/C(=C/[Si](C(C)C)(C(C)C)C(C)C)O2. The Balaban J connectivity index is 2.92. The van der Waals surface area contributed by atoms with Crippen LogP contribution in [-0.2, 0) is 0 Å². The van der Waals surface area contributed by atoms with E-state index in [0.29, 0.717) is 16.6 Å². The van der Waals surface area contributed by atoms with Crippen molar-refractivity contribution in [2.45, 2.75) is 110 Å². The van der Waals surface area contributed by atoms with E-state index in [1.54, 1.807) is 7.11 Å². The van der Waals surface area contributed by atoms with Gasteiger partial charge in [0.1, 0.15) is 17.3 Å². The zero-order valence-corrected chi connectivity index (χ0v) is 26.8. The lowest BCUT2D eigenvalue weighted by atomic mass is 9.97. The molecule has 0 unspecified atom stereocenters. The molecule has 2 rings (SSSR count). The maximum Gasteiger partial charge on any atom is 0.135 e. The quantitative estimate of drug-likeness (QED) is 0.313. The van der Waals surface area contributed by atoms with Gasteiger partial charge in [0.25, 0.3) is 0 Å². The first kappa shape index (κ1) is 28.2. The highest BCUT2D eigenvalue weighted by Gasteiger charge is 2.43. The molecule has 2 nitrogen and oxygen atoms in total. The van der Waals surface area contributed by atoms with Gasteiger partial charge >= 0.3 is 0 Å². The summed E-state index contributed by atoms with van der Waals surface area (Å²) in [5, 5.41) is 0. The maximum absolute atomic E-state index is 6.86. The van der Waals surface area contributed by atoms with E-state index in [9.17, 15) is 0 Å². The van der Waals surface area contributed by atoms with Gasteiger partial charge in [-0.25, -0.2) is 0 Å². The first-order valence-corrected chi connectivity index (χ1v) is 22.6. The van der Waals surface area contributed by atoms with Gasteiger partial charge in [-0.15, -0.1) is 0 Å². The molecule has 0 aliphatic carbocycles. The number of allylic oxidation sites excluding steroid dienone is 2. The van der Waals surface area contributed by atoms with Gasteiger partial charge in [0.05, 0.1) is 15.2 Å². The smallest absolute Gasteiger partial charge is 0.135 e. The van der Waals surface area contributed by atoms with Gasteiger partial charge < -0.3 is 9.47 Å². The van der Waals surface area contributed by atoms with Crippen molar-refractivity contribution in [3.8, 4) is 11.5 Å². The summed E-state index contributed by atoms with van der Waals surface area (Å²) < 4.78 is 12.5. The maximum atomic E-state index is 6.86. The van der Waals surface area contributed by atoms with Crippen LogP contribution >= 0.6 is 0 Å². The highest BCUT2D eigenvalue weighted by molar-refractivity contribution is 6.88. The van der Waals surface area contributed by atoms with Crippen molar-refractivity contribution in [2.75, 3.05) is 7.11 Å². The fourth-order valence-corrected chi connectivity index (χ4v) is 14.4. The number of hydrogen-bond donors (Lipinski definition) is 0. The van der Waals surface area contributed by atoms with Crippen LogP contribution in [0.4, 0.5) is 0 Å². The summed E-state index contributed by atoms with van der Waals surface area (Å²) in [6, 6.07) is 8.72. The van der Waals surface area contributed by atoms with Crippen LogP contribution in [0.2, 0.25) is 68.0 Å². The molecule has 5 heteroatoms. The Bertz CT molecular complexity index is 875. The topological polar surface area (TPSA) is 18.5 Å². The fraction of sp³-hybridized carbons (Fsp3) is 0.643. The van der Waals surface area contributed by atoms with Crippen molar-refractivity contribution >= 4 is 29.8 Å². The van der Waals surface area contributed by atoms with Crippen molar-refractivity contribution in [3.63, 3.8) is 0 Å².